The largest absolute Gasteiger partial charge is 0.373 e. The molecule has 1 fully saturated rings. The molecule has 33 heavy (non-hydrogen) atoms. The number of rotatable bonds is 9. The topological polar surface area (TPSA) is 73.1 Å². The predicted molar refractivity (Wildman–Crippen MR) is 137 cm³/mol. The number of aromatic nitrogens is 3. The van der Waals surface area contributed by atoms with Crippen molar-refractivity contribution < 1.29 is 0 Å². The summed E-state index contributed by atoms with van der Waals surface area (Å²) in [5, 5.41) is 16.0. The van der Waals surface area contributed by atoms with Crippen LogP contribution in [0.25, 0.3) is 0 Å². The van der Waals surface area contributed by atoms with Crippen molar-refractivity contribution in [1.29, 1.82) is 5.41 Å². The summed E-state index contributed by atoms with van der Waals surface area (Å²) in [4.78, 5) is 9.55. The smallest absolute Gasteiger partial charge is 0.136 e. The van der Waals surface area contributed by atoms with Crippen molar-refractivity contribution in [2.75, 3.05) is 30.4 Å². The average molecular weight is 450 g/mol. The molecule has 2 N–H and O–H groups in total. The van der Waals surface area contributed by atoms with E-state index in [4.69, 9.17) is 10.5 Å². The van der Waals surface area contributed by atoms with E-state index in [9.17, 15) is 0 Å². The molecule has 2 aliphatic rings. The SMILES string of the molecule is C=CC(CCCn1nc(C)c2c1CCN(c1cc(C)nc(NC)c1C=N)C2)N1CCCC1C. The van der Waals surface area contributed by atoms with Crippen LogP contribution in [0.1, 0.15) is 60.8 Å². The van der Waals surface area contributed by atoms with Gasteiger partial charge in [-0.25, -0.2) is 4.98 Å². The first-order valence-corrected chi connectivity index (χ1v) is 12.3. The van der Waals surface area contributed by atoms with Gasteiger partial charge in [-0.15, -0.1) is 6.58 Å². The summed E-state index contributed by atoms with van der Waals surface area (Å²) in [7, 11) is 1.86. The van der Waals surface area contributed by atoms with E-state index in [-0.39, 0.29) is 0 Å². The molecule has 1 saturated heterocycles. The Hall–Kier alpha value is -2.67. The van der Waals surface area contributed by atoms with Gasteiger partial charge in [0.15, 0.2) is 0 Å². The van der Waals surface area contributed by atoms with Crippen molar-refractivity contribution in [3.05, 3.63) is 46.9 Å². The molecule has 2 atom stereocenters. The molecule has 0 spiro atoms. The highest BCUT2D eigenvalue weighted by molar-refractivity contribution is 5.92. The highest BCUT2D eigenvalue weighted by Crippen LogP contribution is 2.32. The van der Waals surface area contributed by atoms with Crippen LogP contribution in [0.2, 0.25) is 0 Å². The maximum atomic E-state index is 7.95. The summed E-state index contributed by atoms with van der Waals surface area (Å²) in [6, 6.07) is 3.24. The van der Waals surface area contributed by atoms with E-state index in [0.29, 0.717) is 12.1 Å². The van der Waals surface area contributed by atoms with Crippen molar-refractivity contribution in [2.45, 2.75) is 78.0 Å². The lowest BCUT2D eigenvalue weighted by molar-refractivity contribution is 0.209. The highest BCUT2D eigenvalue weighted by Gasteiger charge is 2.27. The summed E-state index contributed by atoms with van der Waals surface area (Å²) >= 11 is 0. The van der Waals surface area contributed by atoms with Crippen LogP contribution in [0.4, 0.5) is 11.5 Å². The Morgan fingerprint density at radius 2 is 2.15 bits per heavy atom. The number of anilines is 2. The standard InChI is InChI=1S/C26H39N7/c1-6-21(32-12-7-9-19(32)3)10-8-13-33-24-11-14-31(17-23(24)20(4)30-33)25-15-18(2)29-26(28-5)22(25)16-27/h6,15-16,19,21,27H,1,7-14,17H2,2-5H3,(H,28,29). The third-order valence-corrected chi connectivity index (χ3v) is 7.39. The minimum Gasteiger partial charge on any atom is -0.373 e. The first-order chi connectivity index (χ1) is 16.0. The Morgan fingerprint density at radius 1 is 1.33 bits per heavy atom. The third-order valence-electron chi connectivity index (χ3n) is 7.39. The lowest BCUT2D eigenvalue weighted by Crippen LogP contribution is -2.36. The number of nitrogens with zero attached hydrogens (tertiary/aromatic N) is 5. The van der Waals surface area contributed by atoms with Gasteiger partial charge in [0.2, 0.25) is 0 Å². The molecule has 4 heterocycles. The quantitative estimate of drug-likeness (QED) is 0.441. The summed E-state index contributed by atoms with van der Waals surface area (Å²) in [5.74, 6) is 0.766. The highest BCUT2D eigenvalue weighted by atomic mass is 15.3. The Morgan fingerprint density at radius 3 is 2.82 bits per heavy atom. The van der Waals surface area contributed by atoms with Crippen LogP contribution >= 0.6 is 0 Å². The van der Waals surface area contributed by atoms with E-state index in [2.05, 4.69) is 57.4 Å². The van der Waals surface area contributed by atoms with Crippen molar-refractivity contribution in [3.8, 4) is 0 Å². The second-order valence-electron chi connectivity index (χ2n) is 9.52. The van der Waals surface area contributed by atoms with Crippen LogP contribution in [0.3, 0.4) is 0 Å². The summed E-state index contributed by atoms with van der Waals surface area (Å²) in [5.41, 5.74) is 6.73. The van der Waals surface area contributed by atoms with Gasteiger partial charge in [-0.2, -0.15) is 5.10 Å². The van der Waals surface area contributed by atoms with Gasteiger partial charge in [0, 0.05) is 68.4 Å². The van der Waals surface area contributed by atoms with Crippen molar-refractivity contribution >= 4 is 17.7 Å². The molecular weight excluding hydrogens is 410 g/mol. The first kappa shape index (κ1) is 23.5. The monoisotopic (exact) mass is 449 g/mol. The van der Waals surface area contributed by atoms with Crippen LogP contribution in [-0.4, -0.2) is 58.1 Å². The molecule has 7 heteroatoms. The number of pyridine rings is 1. The van der Waals surface area contributed by atoms with Gasteiger partial charge < -0.3 is 15.6 Å². The normalized spacial score (nSPS) is 19.4. The second-order valence-corrected chi connectivity index (χ2v) is 9.52. The average Bonchev–Trinajstić information content (AvgIpc) is 3.38. The van der Waals surface area contributed by atoms with Gasteiger partial charge in [-0.3, -0.25) is 9.58 Å². The van der Waals surface area contributed by atoms with Crippen molar-refractivity contribution in [3.63, 3.8) is 0 Å². The third kappa shape index (κ3) is 4.69. The Kier molecular flexibility index (Phi) is 7.17. The molecule has 4 rings (SSSR count). The lowest BCUT2D eigenvalue weighted by Gasteiger charge is -2.31. The summed E-state index contributed by atoms with van der Waals surface area (Å²) in [6.45, 7) is 14.5. The van der Waals surface area contributed by atoms with E-state index in [1.54, 1.807) is 0 Å². The van der Waals surface area contributed by atoms with Gasteiger partial charge in [-0.1, -0.05) is 6.08 Å². The van der Waals surface area contributed by atoms with Gasteiger partial charge >= 0.3 is 0 Å². The molecule has 0 amide bonds. The minimum atomic E-state index is 0.473. The molecule has 0 radical (unpaired) electrons. The number of fused-ring (bicyclic) bond motifs is 1. The maximum Gasteiger partial charge on any atom is 0.136 e. The molecule has 2 aromatic rings. The predicted octanol–water partition coefficient (Wildman–Crippen LogP) is 4.32. The second kappa shape index (κ2) is 10.1. The fourth-order valence-corrected chi connectivity index (χ4v) is 5.63. The van der Waals surface area contributed by atoms with E-state index in [1.807, 2.05) is 14.0 Å². The van der Waals surface area contributed by atoms with Crippen LogP contribution in [0.15, 0.2) is 18.7 Å². The molecule has 178 valence electrons. The van der Waals surface area contributed by atoms with Gasteiger partial charge in [-0.05, 0) is 59.1 Å². The molecule has 2 aliphatic heterocycles. The first-order valence-electron chi connectivity index (χ1n) is 12.3. The van der Waals surface area contributed by atoms with E-state index in [0.717, 1.165) is 67.4 Å². The Bertz CT molecular complexity index is 1010. The summed E-state index contributed by atoms with van der Waals surface area (Å²) in [6.07, 6.45) is 9.39. The van der Waals surface area contributed by atoms with E-state index < -0.39 is 0 Å². The zero-order valence-electron chi connectivity index (χ0n) is 20.7. The fraction of sp³-hybridized carbons (Fsp3) is 0.577. The van der Waals surface area contributed by atoms with Crippen LogP contribution < -0.4 is 10.2 Å². The Labute approximate surface area is 198 Å². The number of nitrogens with one attached hydrogen (secondary N) is 2. The van der Waals surface area contributed by atoms with Gasteiger partial charge in [0.25, 0.3) is 0 Å². The van der Waals surface area contributed by atoms with Crippen LogP contribution in [-0.2, 0) is 19.5 Å². The molecule has 0 aromatic carbocycles. The van der Waals surface area contributed by atoms with Gasteiger partial charge in [0.05, 0.1) is 16.9 Å². The maximum absolute atomic E-state index is 7.95. The molecule has 0 saturated carbocycles. The molecule has 2 unspecified atom stereocenters. The lowest BCUT2D eigenvalue weighted by atomic mass is 10.0. The van der Waals surface area contributed by atoms with Gasteiger partial charge in [0.1, 0.15) is 5.82 Å². The molecule has 0 bridgehead atoms. The Balaban J connectivity index is 1.47. The molecule has 0 aliphatic carbocycles. The van der Waals surface area contributed by atoms with E-state index in [1.165, 1.54) is 36.9 Å². The molecule has 2 aromatic heterocycles. The van der Waals surface area contributed by atoms with E-state index >= 15 is 0 Å². The minimum absolute atomic E-state index is 0.473. The number of aryl methyl sites for hydroxylation is 3. The van der Waals surface area contributed by atoms with Crippen molar-refractivity contribution in [1.82, 2.24) is 19.7 Å². The van der Waals surface area contributed by atoms with Crippen LogP contribution in [0.5, 0.6) is 0 Å². The zero-order chi connectivity index (χ0) is 23.5. The zero-order valence-corrected chi connectivity index (χ0v) is 20.7. The summed E-state index contributed by atoms with van der Waals surface area (Å²) < 4.78 is 2.25. The van der Waals surface area contributed by atoms with Crippen LogP contribution in [0, 0.1) is 19.3 Å². The van der Waals surface area contributed by atoms with Crippen molar-refractivity contribution in [2.24, 2.45) is 0 Å². The fourth-order valence-electron chi connectivity index (χ4n) is 5.63. The number of likely N-dealkylation sites (tertiary alicyclic amines) is 1. The molecule has 7 nitrogen and oxygen atoms in total. The molecular formula is C26H39N7. The number of hydrogen-bond donors (Lipinski definition) is 2. The number of hydrogen-bond acceptors (Lipinski definition) is 6.